The van der Waals surface area contributed by atoms with Crippen LogP contribution < -0.4 is 10.2 Å². The van der Waals surface area contributed by atoms with Gasteiger partial charge in [0.2, 0.25) is 0 Å². The molecule has 1 aromatic heterocycles. The highest BCUT2D eigenvalue weighted by atomic mass is 35.5. The molecule has 0 aliphatic rings. The number of methoxy groups -OCH3 is 1. The summed E-state index contributed by atoms with van der Waals surface area (Å²) in [6.07, 6.45) is 1.29. The van der Waals surface area contributed by atoms with Crippen molar-refractivity contribution in [2.75, 3.05) is 7.11 Å². The van der Waals surface area contributed by atoms with Crippen LogP contribution in [-0.2, 0) is 0 Å². The van der Waals surface area contributed by atoms with Crippen LogP contribution in [-0.4, -0.2) is 24.2 Å². The molecule has 2 aromatic carbocycles. The second kappa shape index (κ2) is 8.36. The molecule has 0 radical (unpaired) electrons. The minimum Gasteiger partial charge on any atom is -0.497 e. The van der Waals surface area contributed by atoms with E-state index in [1.54, 1.807) is 42.5 Å². The van der Waals surface area contributed by atoms with E-state index in [-0.39, 0.29) is 17.0 Å². The van der Waals surface area contributed by atoms with Gasteiger partial charge < -0.3 is 9.15 Å². The van der Waals surface area contributed by atoms with Crippen LogP contribution in [0.4, 0.5) is 5.69 Å². The summed E-state index contributed by atoms with van der Waals surface area (Å²) in [7, 11) is 1.43. The molecule has 0 aliphatic carbocycles. The monoisotopic (exact) mass is 399 g/mol. The lowest BCUT2D eigenvalue weighted by molar-refractivity contribution is -0.384. The third-order valence-corrected chi connectivity index (χ3v) is 4.10. The van der Waals surface area contributed by atoms with Gasteiger partial charge in [0.1, 0.15) is 17.3 Å². The molecule has 0 saturated heterocycles. The fourth-order valence-electron chi connectivity index (χ4n) is 2.42. The van der Waals surface area contributed by atoms with Crippen molar-refractivity contribution >= 4 is 29.4 Å². The summed E-state index contributed by atoms with van der Waals surface area (Å²) in [4.78, 5) is 22.8. The molecule has 0 atom stereocenters. The van der Waals surface area contributed by atoms with Crippen LogP contribution in [0.15, 0.2) is 64.1 Å². The first-order valence-electron chi connectivity index (χ1n) is 8.00. The quantitative estimate of drug-likeness (QED) is 0.378. The van der Waals surface area contributed by atoms with Crippen LogP contribution in [0.1, 0.15) is 16.1 Å². The number of hydrogen-bond donors (Lipinski definition) is 1. The normalized spacial score (nSPS) is 10.8. The number of nitro groups is 1. The molecule has 0 saturated carbocycles. The number of benzene rings is 2. The number of halogens is 1. The molecule has 3 aromatic rings. The minimum absolute atomic E-state index is 0.149. The van der Waals surface area contributed by atoms with E-state index in [0.29, 0.717) is 22.1 Å². The molecule has 0 fully saturated rings. The molecular weight excluding hydrogens is 386 g/mol. The summed E-state index contributed by atoms with van der Waals surface area (Å²) < 4.78 is 10.6. The molecule has 28 heavy (non-hydrogen) atoms. The number of hydrazone groups is 1. The van der Waals surface area contributed by atoms with Crippen molar-refractivity contribution in [2.24, 2.45) is 5.10 Å². The lowest BCUT2D eigenvalue weighted by atomic mass is 10.1. The van der Waals surface area contributed by atoms with Gasteiger partial charge in [-0.2, -0.15) is 5.10 Å². The Kier molecular flexibility index (Phi) is 5.71. The Morgan fingerprint density at radius 1 is 1.25 bits per heavy atom. The Bertz CT molecular complexity index is 1060. The summed E-state index contributed by atoms with van der Waals surface area (Å²) in [6.45, 7) is 0. The van der Waals surface area contributed by atoms with Gasteiger partial charge in [0.05, 0.1) is 40.5 Å². The molecule has 0 aliphatic heterocycles. The highest BCUT2D eigenvalue weighted by Gasteiger charge is 2.19. The number of ether oxygens (including phenoxy) is 1. The van der Waals surface area contributed by atoms with Gasteiger partial charge in [-0.1, -0.05) is 23.7 Å². The number of nitrogens with zero attached hydrogens (tertiary/aromatic N) is 2. The topological polar surface area (TPSA) is 107 Å². The zero-order chi connectivity index (χ0) is 20.1. The molecular formula is C19H14ClN3O5. The number of nitrogens with one attached hydrogen (secondary N) is 1. The molecule has 142 valence electrons. The third kappa shape index (κ3) is 4.18. The van der Waals surface area contributed by atoms with E-state index in [1.807, 2.05) is 0 Å². The molecule has 0 unspecified atom stereocenters. The lowest BCUT2D eigenvalue weighted by Crippen LogP contribution is -2.17. The van der Waals surface area contributed by atoms with Gasteiger partial charge in [0, 0.05) is 0 Å². The Labute approximate surface area is 164 Å². The first-order valence-corrected chi connectivity index (χ1v) is 8.38. The van der Waals surface area contributed by atoms with Crippen LogP contribution >= 0.6 is 11.6 Å². The van der Waals surface area contributed by atoms with E-state index in [1.165, 1.54) is 25.5 Å². The zero-order valence-corrected chi connectivity index (χ0v) is 15.3. The number of amides is 1. The smallest absolute Gasteiger partial charge is 0.284 e. The van der Waals surface area contributed by atoms with E-state index in [2.05, 4.69) is 10.5 Å². The standard InChI is InChI=1S/C19H14ClN3O5/c1-27-12-6-8-15(17(10-12)23(25)26)18-9-7-13(28-18)11-21-22-19(24)14-4-2-3-5-16(14)20/h2-11H,1H3,(H,22,24)/b21-11-. The van der Waals surface area contributed by atoms with Crippen molar-refractivity contribution in [3.8, 4) is 17.1 Å². The van der Waals surface area contributed by atoms with E-state index in [4.69, 9.17) is 20.8 Å². The highest BCUT2D eigenvalue weighted by molar-refractivity contribution is 6.33. The summed E-state index contributed by atoms with van der Waals surface area (Å²) in [5.41, 5.74) is 2.78. The van der Waals surface area contributed by atoms with E-state index in [0.717, 1.165) is 0 Å². The summed E-state index contributed by atoms with van der Waals surface area (Å²) in [6, 6.07) is 14.2. The minimum atomic E-state index is -0.516. The van der Waals surface area contributed by atoms with Gasteiger partial charge in [0.15, 0.2) is 0 Å². The summed E-state index contributed by atoms with van der Waals surface area (Å²) >= 11 is 5.95. The largest absolute Gasteiger partial charge is 0.497 e. The maximum absolute atomic E-state index is 12.0. The second-order valence-electron chi connectivity index (χ2n) is 5.52. The van der Waals surface area contributed by atoms with Gasteiger partial charge in [-0.15, -0.1) is 0 Å². The van der Waals surface area contributed by atoms with E-state index in [9.17, 15) is 14.9 Å². The first kappa shape index (κ1) is 19.1. The third-order valence-electron chi connectivity index (χ3n) is 3.77. The average Bonchev–Trinajstić information content (AvgIpc) is 3.16. The van der Waals surface area contributed by atoms with Crippen LogP contribution in [0.3, 0.4) is 0 Å². The molecule has 1 N–H and O–H groups in total. The first-order chi connectivity index (χ1) is 13.5. The molecule has 0 bridgehead atoms. The number of carbonyl (C=O) groups excluding carboxylic acids is 1. The summed E-state index contributed by atoms with van der Waals surface area (Å²) in [5.74, 6) is 0.485. The maximum atomic E-state index is 12.0. The Hall–Kier alpha value is -3.65. The van der Waals surface area contributed by atoms with Crippen molar-refractivity contribution in [2.45, 2.75) is 0 Å². The van der Waals surface area contributed by atoms with Crippen molar-refractivity contribution < 1.29 is 18.9 Å². The Morgan fingerprint density at radius 3 is 2.75 bits per heavy atom. The fourth-order valence-corrected chi connectivity index (χ4v) is 2.65. The molecule has 0 spiro atoms. The predicted molar refractivity (Wildman–Crippen MR) is 104 cm³/mol. The van der Waals surface area contributed by atoms with E-state index < -0.39 is 10.8 Å². The maximum Gasteiger partial charge on any atom is 0.284 e. The van der Waals surface area contributed by atoms with E-state index >= 15 is 0 Å². The molecule has 1 heterocycles. The van der Waals surface area contributed by atoms with Gasteiger partial charge in [-0.3, -0.25) is 14.9 Å². The van der Waals surface area contributed by atoms with Gasteiger partial charge in [-0.05, 0) is 36.4 Å². The number of hydrogen-bond acceptors (Lipinski definition) is 6. The lowest BCUT2D eigenvalue weighted by Gasteiger charge is -2.03. The average molecular weight is 400 g/mol. The molecule has 8 nitrogen and oxygen atoms in total. The number of furan rings is 1. The van der Waals surface area contributed by atoms with Crippen LogP contribution in [0.2, 0.25) is 5.02 Å². The van der Waals surface area contributed by atoms with Gasteiger partial charge in [0.25, 0.3) is 11.6 Å². The second-order valence-corrected chi connectivity index (χ2v) is 5.93. The number of carbonyl (C=O) groups is 1. The fraction of sp³-hybridized carbons (Fsp3) is 0.0526. The van der Waals surface area contributed by atoms with Crippen LogP contribution in [0.5, 0.6) is 5.75 Å². The number of rotatable bonds is 6. The van der Waals surface area contributed by atoms with Crippen molar-refractivity contribution in [1.82, 2.24) is 5.43 Å². The molecule has 9 heteroatoms. The molecule has 3 rings (SSSR count). The van der Waals surface area contributed by atoms with Crippen molar-refractivity contribution in [3.63, 3.8) is 0 Å². The van der Waals surface area contributed by atoms with Gasteiger partial charge >= 0.3 is 0 Å². The Balaban J connectivity index is 1.76. The predicted octanol–water partition coefficient (Wildman–Crippen LogP) is 4.28. The van der Waals surface area contributed by atoms with Crippen molar-refractivity contribution in [1.29, 1.82) is 0 Å². The van der Waals surface area contributed by atoms with Crippen LogP contribution in [0, 0.1) is 10.1 Å². The Morgan fingerprint density at radius 2 is 2.04 bits per heavy atom. The SMILES string of the molecule is COc1ccc(-c2ccc(/C=N\NC(=O)c3ccccc3Cl)o2)c([N+](=O)[O-])c1. The highest BCUT2D eigenvalue weighted by Crippen LogP contribution is 2.33. The zero-order valence-electron chi connectivity index (χ0n) is 14.6. The van der Waals surface area contributed by atoms with Crippen molar-refractivity contribution in [3.05, 3.63) is 81.1 Å². The summed E-state index contributed by atoms with van der Waals surface area (Å²) in [5, 5.41) is 15.4. The van der Waals surface area contributed by atoms with Crippen LogP contribution in [0.25, 0.3) is 11.3 Å². The number of nitro benzene ring substituents is 1. The van der Waals surface area contributed by atoms with Gasteiger partial charge in [-0.25, -0.2) is 5.43 Å². The molecule has 1 amide bonds.